The van der Waals surface area contributed by atoms with Crippen molar-refractivity contribution in [2.75, 3.05) is 6.54 Å². The first-order valence-corrected chi connectivity index (χ1v) is 9.25. The third-order valence-corrected chi connectivity index (χ3v) is 4.85. The lowest BCUT2D eigenvalue weighted by atomic mass is 10.1. The van der Waals surface area contributed by atoms with E-state index in [1.807, 2.05) is 40.7 Å². The Balaban J connectivity index is 1.80. The van der Waals surface area contributed by atoms with E-state index in [0.29, 0.717) is 12.4 Å². The molecular formula is C19H24ClN5O2. The number of amides is 2. The minimum absolute atomic E-state index is 0.0308. The second kappa shape index (κ2) is 6.96. The van der Waals surface area contributed by atoms with Gasteiger partial charge in [0.25, 0.3) is 5.91 Å². The van der Waals surface area contributed by atoms with E-state index in [4.69, 9.17) is 11.6 Å². The molecule has 8 heteroatoms. The Labute approximate surface area is 163 Å². The van der Waals surface area contributed by atoms with Gasteiger partial charge in [0.15, 0.2) is 5.82 Å². The van der Waals surface area contributed by atoms with Gasteiger partial charge in [0.1, 0.15) is 5.69 Å². The second-order valence-corrected chi connectivity index (χ2v) is 8.30. The summed E-state index contributed by atoms with van der Waals surface area (Å²) < 4.78 is 1.67. The Kier molecular flexibility index (Phi) is 4.99. The zero-order chi connectivity index (χ0) is 19.9. The molecule has 0 aromatic carbocycles. The molecule has 1 N–H and O–H groups in total. The monoisotopic (exact) mass is 389 g/mol. The number of aryl methyl sites for hydroxylation is 2. The summed E-state index contributed by atoms with van der Waals surface area (Å²) in [6.07, 6.45) is 0.276. The number of rotatable bonds is 3. The van der Waals surface area contributed by atoms with E-state index >= 15 is 0 Å². The van der Waals surface area contributed by atoms with Crippen LogP contribution in [0.4, 0.5) is 0 Å². The predicted molar refractivity (Wildman–Crippen MR) is 103 cm³/mol. The maximum atomic E-state index is 12.7. The van der Waals surface area contributed by atoms with Gasteiger partial charge < -0.3 is 10.2 Å². The van der Waals surface area contributed by atoms with E-state index in [-0.39, 0.29) is 34.6 Å². The van der Waals surface area contributed by atoms with Crippen molar-refractivity contribution in [1.82, 2.24) is 25.0 Å². The standard InChI is InChI=1S/C19H24ClN5O2/c1-11-8-12(2)25(23-11)15-7-6-14(20)17(22-15)18(27)21-13-9-16(26)24(10-13)19(3,4)5/h6-8,13H,9-10H2,1-5H3,(H,21,27). The average Bonchev–Trinajstić information content (AvgIpc) is 3.09. The van der Waals surface area contributed by atoms with Crippen LogP contribution in [0.25, 0.3) is 5.82 Å². The summed E-state index contributed by atoms with van der Waals surface area (Å²) in [7, 11) is 0. The van der Waals surface area contributed by atoms with Gasteiger partial charge in [-0.2, -0.15) is 5.10 Å². The molecule has 7 nitrogen and oxygen atoms in total. The Morgan fingerprint density at radius 2 is 2.00 bits per heavy atom. The van der Waals surface area contributed by atoms with E-state index in [1.165, 1.54) is 0 Å². The van der Waals surface area contributed by atoms with Crippen molar-refractivity contribution in [2.24, 2.45) is 0 Å². The van der Waals surface area contributed by atoms with Crippen LogP contribution in [0.15, 0.2) is 18.2 Å². The van der Waals surface area contributed by atoms with Gasteiger partial charge in [0.2, 0.25) is 5.91 Å². The lowest BCUT2D eigenvalue weighted by Gasteiger charge is -2.32. The van der Waals surface area contributed by atoms with Crippen molar-refractivity contribution in [1.29, 1.82) is 0 Å². The Hall–Kier alpha value is -2.41. The molecule has 1 aliphatic heterocycles. The normalized spacial score (nSPS) is 17.5. The molecule has 0 bridgehead atoms. The fourth-order valence-electron chi connectivity index (χ4n) is 3.28. The smallest absolute Gasteiger partial charge is 0.271 e. The first-order valence-electron chi connectivity index (χ1n) is 8.88. The number of carbonyl (C=O) groups excluding carboxylic acids is 2. The minimum atomic E-state index is -0.392. The molecule has 2 amide bonds. The zero-order valence-electron chi connectivity index (χ0n) is 16.2. The SMILES string of the molecule is Cc1cc(C)n(-c2ccc(Cl)c(C(=O)NC3CC(=O)N(C(C)(C)C)C3)n2)n1. The quantitative estimate of drug-likeness (QED) is 0.875. The van der Waals surface area contributed by atoms with Gasteiger partial charge >= 0.3 is 0 Å². The molecule has 1 aliphatic rings. The topological polar surface area (TPSA) is 80.1 Å². The number of pyridine rings is 1. The van der Waals surface area contributed by atoms with Crippen LogP contribution in [0.1, 0.15) is 49.1 Å². The van der Waals surface area contributed by atoms with E-state index < -0.39 is 5.91 Å². The minimum Gasteiger partial charge on any atom is -0.346 e. The molecule has 1 unspecified atom stereocenters. The van der Waals surface area contributed by atoms with Gasteiger partial charge in [0.05, 0.1) is 16.8 Å². The molecule has 1 atom stereocenters. The van der Waals surface area contributed by atoms with Gasteiger partial charge in [-0.15, -0.1) is 0 Å². The summed E-state index contributed by atoms with van der Waals surface area (Å²) in [5, 5.41) is 7.54. The van der Waals surface area contributed by atoms with Gasteiger partial charge in [-0.3, -0.25) is 9.59 Å². The first-order chi connectivity index (χ1) is 12.6. The van der Waals surface area contributed by atoms with Gasteiger partial charge in [-0.1, -0.05) is 11.6 Å². The number of hydrogen-bond acceptors (Lipinski definition) is 4. The van der Waals surface area contributed by atoms with E-state index in [0.717, 1.165) is 11.4 Å². The molecule has 1 fully saturated rings. The summed E-state index contributed by atoms with van der Waals surface area (Å²) in [6, 6.07) is 5.02. The van der Waals surface area contributed by atoms with Crippen molar-refractivity contribution in [2.45, 2.75) is 52.6 Å². The molecule has 0 aliphatic carbocycles. The third-order valence-electron chi connectivity index (χ3n) is 4.54. The van der Waals surface area contributed by atoms with Crippen molar-refractivity contribution < 1.29 is 9.59 Å². The van der Waals surface area contributed by atoms with Crippen LogP contribution in [-0.4, -0.2) is 49.6 Å². The van der Waals surface area contributed by atoms with Crippen LogP contribution in [0.3, 0.4) is 0 Å². The molecule has 144 valence electrons. The van der Waals surface area contributed by atoms with E-state index in [9.17, 15) is 9.59 Å². The summed E-state index contributed by atoms with van der Waals surface area (Å²) in [4.78, 5) is 31.1. The van der Waals surface area contributed by atoms with Crippen LogP contribution < -0.4 is 5.32 Å². The number of hydrogen-bond donors (Lipinski definition) is 1. The summed E-state index contributed by atoms with van der Waals surface area (Å²) in [5.74, 6) is 0.161. The molecule has 3 heterocycles. The number of aromatic nitrogens is 3. The number of nitrogens with zero attached hydrogens (tertiary/aromatic N) is 4. The van der Waals surface area contributed by atoms with Crippen molar-refractivity contribution in [3.63, 3.8) is 0 Å². The van der Waals surface area contributed by atoms with Crippen molar-refractivity contribution >= 4 is 23.4 Å². The molecule has 27 heavy (non-hydrogen) atoms. The van der Waals surface area contributed by atoms with E-state index in [1.54, 1.807) is 21.7 Å². The van der Waals surface area contributed by atoms with Crippen LogP contribution in [0.5, 0.6) is 0 Å². The lowest BCUT2D eigenvalue weighted by Crippen LogP contribution is -2.44. The fraction of sp³-hybridized carbons (Fsp3) is 0.474. The van der Waals surface area contributed by atoms with E-state index in [2.05, 4.69) is 15.4 Å². The Morgan fingerprint density at radius 1 is 1.30 bits per heavy atom. The highest BCUT2D eigenvalue weighted by molar-refractivity contribution is 6.33. The fourth-order valence-corrected chi connectivity index (χ4v) is 3.47. The molecule has 1 saturated heterocycles. The molecule has 0 saturated carbocycles. The number of likely N-dealkylation sites (tertiary alicyclic amines) is 1. The van der Waals surface area contributed by atoms with Gasteiger partial charge in [-0.05, 0) is 52.8 Å². The molecule has 0 radical (unpaired) electrons. The van der Waals surface area contributed by atoms with Crippen LogP contribution in [0, 0.1) is 13.8 Å². The number of nitrogens with one attached hydrogen (secondary N) is 1. The Bertz CT molecular complexity index is 900. The third kappa shape index (κ3) is 3.98. The average molecular weight is 390 g/mol. The molecule has 0 spiro atoms. The summed E-state index contributed by atoms with van der Waals surface area (Å²) in [6.45, 7) is 10.2. The number of carbonyl (C=O) groups is 2. The zero-order valence-corrected chi connectivity index (χ0v) is 17.0. The second-order valence-electron chi connectivity index (χ2n) is 7.89. The maximum absolute atomic E-state index is 12.7. The lowest BCUT2D eigenvalue weighted by molar-refractivity contribution is -0.131. The molecule has 2 aromatic heterocycles. The largest absolute Gasteiger partial charge is 0.346 e. The van der Waals surface area contributed by atoms with Crippen molar-refractivity contribution in [3.05, 3.63) is 40.3 Å². The van der Waals surface area contributed by atoms with Crippen LogP contribution in [0.2, 0.25) is 5.02 Å². The van der Waals surface area contributed by atoms with Crippen LogP contribution >= 0.6 is 11.6 Å². The highest BCUT2D eigenvalue weighted by atomic mass is 35.5. The molecular weight excluding hydrogens is 366 g/mol. The molecule has 3 rings (SSSR count). The maximum Gasteiger partial charge on any atom is 0.271 e. The van der Waals surface area contributed by atoms with Gasteiger partial charge in [-0.25, -0.2) is 9.67 Å². The van der Waals surface area contributed by atoms with Crippen LogP contribution in [-0.2, 0) is 4.79 Å². The van der Waals surface area contributed by atoms with Crippen molar-refractivity contribution in [3.8, 4) is 5.82 Å². The molecule has 2 aromatic rings. The highest BCUT2D eigenvalue weighted by Crippen LogP contribution is 2.23. The summed E-state index contributed by atoms with van der Waals surface area (Å²) >= 11 is 6.21. The number of halogens is 1. The Morgan fingerprint density at radius 3 is 2.56 bits per heavy atom. The predicted octanol–water partition coefficient (Wildman–Crippen LogP) is 2.67. The van der Waals surface area contributed by atoms with Gasteiger partial charge in [0, 0.05) is 24.2 Å². The summed E-state index contributed by atoms with van der Waals surface area (Å²) in [5.41, 5.74) is 1.63. The first kappa shape index (κ1) is 19.4. The highest BCUT2D eigenvalue weighted by Gasteiger charge is 2.37.